The molecule has 0 bridgehead atoms. The molecule has 0 spiro atoms. The van der Waals surface area contributed by atoms with Gasteiger partial charge in [-0.3, -0.25) is 0 Å². The number of nitrogens with zero attached hydrogens (tertiary/aromatic N) is 2. The molecule has 4 nitrogen and oxygen atoms in total. The number of rotatable bonds is 2. The van der Waals surface area contributed by atoms with Crippen molar-refractivity contribution < 1.29 is 4.74 Å². The quantitative estimate of drug-likeness (QED) is 0.710. The number of fused-ring (bicyclic) bond motifs is 1. The molecule has 1 aromatic heterocycles. The fourth-order valence-electron chi connectivity index (χ4n) is 1.94. The van der Waals surface area contributed by atoms with E-state index < -0.39 is 0 Å². The smallest absolute Gasteiger partial charge is 0.246 e. The summed E-state index contributed by atoms with van der Waals surface area (Å²) < 4.78 is 5.77. The summed E-state index contributed by atoms with van der Waals surface area (Å²) in [6.07, 6.45) is 0. The number of aryl methyl sites for hydroxylation is 1. The van der Waals surface area contributed by atoms with E-state index in [2.05, 4.69) is 10.2 Å². The van der Waals surface area contributed by atoms with Crippen LogP contribution in [0.1, 0.15) is 5.69 Å². The highest BCUT2D eigenvalue weighted by atomic mass is 16.5. The molecule has 3 aromatic rings. The molecule has 0 amide bonds. The second kappa shape index (κ2) is 4.57. The Bertz CT molecular complexity index is 723. The highest BCUT2D eigenvalue weighted by Crippen LogP contribution is 2.28. The maximum atomic E-state index is 5.77. The number of nitrogen functional groups attached to an aromatic ring is 1. The standard InChI is InChI=1S/C15H13N3O/c1-10-13-4-2-3-5-14(13)15(18-17-10)19-12-8-6-11(16)7-9-12/h2-9H,16H2,1H3. The predicted octanol–water partition coefficient (Wildman–Crippen LogP) is 3.31. The van der Waals surface area contributed by atoms with Gasteiger partial charge in [-0.05, 0) is 37.3 Å². The van der Waals surface area contributed by atoms with Crippen molar-refractivity contribution in [1.82, 2.24) is 10.2 Å². The molecule has 0 fully saturated rings. The number of aromatic nitrogens is 2. The van der Waals surface area contributed by atoms with Crippen LogP contribution in [0.5, 0.6) is 11.6 Å². The topological polar surface area (TPSA) is 61.0 Å². The van der Waals surface area contributed by atoms with Crippen molar-refractivity contribution in [2.24, 2.45) is 0 Å². The van der Waals surface area contributed by atoms with Gasteiger partial charge in [0.2, 0.25) is 5.88 Å². The van der Waals surface area contributed by atoms with E-state index >= 15 is 0 Å². The first-order chi connectivity index (χ1) is 9.24. The molecule has 19 heavy (non-hydrogen) atoms. The minimum absolute atomic E-state index is 0.506. The monoisotopic (exact) mass is 251 g/mol. The lowest BCUT2D eigenvalue weighted by molar-refractivity contribution is 0.461. The lowest BCUT2D eigenvalue weighted by atomic mass is 10.1. The van der Waals surface area contributed by atoms with Crippen LogP contribution in [0.25, 0.3) is 10.8 Å². The predicted molar refractivity (Wildman–Crippen MR) is 75.2 cm³/mol. The van der Waals surface area contributed by atoms with E-state index in [1.807, 2.05) is 43.3 Å². The lowest BCUT2D eigenvalue weighted by Crippen LogP contribution is -1.95. The van der Waals surface area contributed by atoms with Gasteiger partial charge in [-0.2, -0.15) is 5.10 Å². The van der Waals surface area contributed by atoms with Crippen LogP contribution in [0.3, 0.4) is 0 Å². The van der Waals surface area contributed by atoms with Crippen LogP contribution < -0.4 is 10.5 Å². The van der Waals surface area contributed by atoms with Crippen LogP contribution in [0.15, 0.2) is 48.5 Å². The van der Waals surface area contributed by atoms with Gasteiger partial charge in [0.15, 0.2) is 0 Å². The summed E-state index contributed by atoms with van der Waals surface area (Å²) in [5, 5.41) is 10.2. The SMILES string of the molecule is Cc1nnc(Oc2ccc(N)cc2)c2ccccc12. The van der Waals surface area contributed by atoms with E-state index in [9.17, 15) is 0 Å². The molecule has 0 saturated heterocycles. The molecule has 94 valence electrons. The molecule has 2 N–H and O–H groups in total. The zero-order valence-electron chi connectivity index (χ0n) is 10.5. The summed E-state index contributed by atoms with van der Waals surface area (Å²) in [4.78, 5) is 0. The van der Waals surface area contributed by atoms with Gasteiger partial charge in [-0.15, -0.1) is 5.10 Å². The van der Waals surface area contributed by atoms with Crippen LogP contribution in [0.2, 0.25) is 0 Å². The van der Waals surface area contributed by atoms with Gasteiger partial charge in [-0.1, -0.05) is 18.2 Å². The maximum Gasteiger partial charge on any atom is 0.246 e. The third-order valence-electron chi connectivity index (χ3n) is 2.93. The number of anilines is 1. The van der Waals surface area contributed by atoms with Gasteiger partial charge in [0.1, 0.15) is 5.75 Å². The maximum absolute atomic E-state index is 5.77. The average molecular weight is 251 g/mol. The molecule has 0 atom stereocenters. The van der Waals surface area contributed by atoms with Gasteiger partial charge >= 0.3 is 0 Å². The molecule has 0 aliphatic heterocycles. The van der Waals surface area contributed by atoms with Crippen molar-refractivity contribution in [3.05, 3.63) is 54.2 Å². The molecular formula is C15H13N3O. The largest absolute Gasteiger partial charge is 0.437 e. The van der Waals surface area contributed by atoms with Crippen molar-refractivity contribution in [2.45, 2.75) is 6.92 Å². The lowest BCUT2D eigenvalue weighted by Gasteiger charge is -2.08. The molecule has 0 unspecified atom stereocenters. The van der Waals surface area contributed by atoms with E-state index in [4.69, 9.17) is 10.5 Å². The molecule has 0 radical (unpaired) electrons. The fourth-order valence-corrected chi connectivity index (χ4v) is 1.94. The Labute approximate surface area is 110 Å². The molecule has 3 rings (SSSR count). The Morgan fingerprint density at radius 2 is 1.58 bits per heavy atom. The molecule has 2 aromatic carbocycles. The Kier molecular flexibility index (Phi) is 2.76. The van der Waals surface area contributed by atoms with Crippen molar-refractivity contribution in [2.75, 3.05) is 5.73 Å². The van der Waals surface area contributed by atoms with Gasteiger partial charge in [0.05, 0.1) is 5.69 Å². The summed E-state index contributed by atoms with van der Waals surface area (Å²) in [6, 6.07) is 15.1. The van der Waals surface area contributed by atoms with E-state index in [1.54, 1.807) is 12.1 Å². The van der Waals surface area contributed by atoms with Crippen LogP contribution in [-0.4, -0.2) is 10.2 Å². The van der Waals surface area contributed by atoms with Crippen LogP contribution in [0.4, 0.5) is 5.69 Å². The number of hydrogen-bond donors (Lipinski definition) is 1. The number of nitrogens with two attached hydrogens (primary N) is 1. The molecule has 4 heteroatoms. The first-order valence-corrected chi connectivity index (χ1v) is 5.99. The van der Waals surface area contributed by atoms with Crippen molar-refractivity contribution in [1.29, 1.82) is 0 Å². The summed E-state index contributed by atoms with van der Waals surface area (Å²) in [5.41, 5.74) is 7.24. The second-order valence-corrected chi connectivity index (χ2v) is 4.31. The highest BCUT2D eigenvalue weighted by Gasteiger charge is 2.08. The second-order valence-electron chi connectivity index (χ2n) is 4.31. The van der Waals surface area contributed by atoms with Crippen LogP contribution in [0, 0.1) is 6.92 Å². The molecule has 0 aliphatic carbocycles. The van der Waals surface area contributed by atoms with E-state index in [0.29, 0.717) is 17.3 Å². The van der Waals surface area contributed by atoms with E-state index in [0.717, 1.165) is 16.5 Å². The zero-order valence-corrected chi connectivity index (χ0v) is 10.5. The Balaban J connectivity index is 2.06. The zero-order chi connectivity index (χ0) is 13.2. The van der Waals surface area contributed by atoms with Crippen molar-refractivity contribution >= 4 is 16.5 Å². The molecule has 0 aliphatic rings. The van der Waals surface area contributed by atoms with E-state index in [1.165, 1.54) is 0 Å². The van der Waals surface area contributed by atoms with Crippen molar-refractivity contribution in [3.8, 4) is 11.6 Å². The summed E-state index contributed by atoms with van der Waals surface area (Å²) in [5.74, 6) is 1.20. The Hall–Kier alpha value is -2.62. The molecule has 1 heterocycles. The number of hydrogen-bond acceptors (Lipinski definition) is 4. The van der Waals surface area contributed by atoms with Gasteiger partial charge in [0, 0.05) is 16.5 Å². The fraction of sp³-hybridized carbons (Fsp3) is 0.0667. The first kappa shape index (κ1) is 11.5. The van der Waals surface area contributed by atoms with Crippen LogP contribution in [-0.2, 0) is 0 Å². The van der Waals surface area contributed by atoms with Crippen LogP contribution >= 0.6 is 0 Å². The van der Waals surface area contributed by atoms with E-state index in [-0.39, 0.29) is 0 Å². The Morgan fingerprint density at radius 3 is 2.32 bits per heavy atom. The Morgan fingerprint density at radius 1 is 0.895 bits per heavy atom. The normalized spacial score (nSPS) is 10.6. The third kappa shape index (κ3) is 2.20. The first-order valence-electron chi connectivity index (χ1n) is 5.99. The van der Waals surface area contributed by atoms with Gasteiger partial charge in [0.25, 0.3) is 0 Å². The minimum Gasteiger partial charge on any atom is -0.437 e. The average Bonchev–Trinajstić information content (AvgIpc) is 2.45. The van der Waals surface area contributed by atoms with Gasteiger partial charge in [-0.25, -0.2) is 0 Å². The third-order valence-corrected chi connectivity index (χ3v) is 2.93. The molecular weight excluding hydrogens is 238 g/mol. The summed E-state index contributed by atoms with van der Waals surface area (Å²) in [6.45, 7) is 1.93. The van der Waals surface area contributed by atoms with Gasteiger partial charge < -0.3 is 10.5 Å². The summed E-state index contributed by atoms with van der Waals surface area (Å²) >= 11 is 0. The highest BCUT2D eigenvalue weighted by molar-refractivity contribution is 5.88. The van der Waals surface area contributed by atoms with Crippen molar-refractivity contribution in [3.63, 3.8) is 0 Å². The molecule has 0 saturated carbocycles. The summed E-state index contributed by atoms with van der Waals surface area (Å²) in [7, 11) is 0. The number of benzene rings is 2. The number of ether oxygens (including phenoxy) is 1. The minimum atomic E-state index is 0.506.